The number of likely N-dealkylation sites (N-methyl/N-ethyl adjacent to an activating group) is 1. The first kappa shape index (κ1) is 41.1. The number of hydrogen-bond donors (Lipinski definition) is 3. The van der Waals surface area contributed by atoms with Crippen molar-refractivity contribution in [2.45, 2.75) is 83.6 Å². The van der Waals surface area contributed by atoms with Gasteiger partial charge in [0.15, 0.2) is 0 Å². The lowest BCUT2D eigenvalue weighted by molar-refractivity contribution is -0.137. The highest BCUT2D eigenvalue weighted by Gasteiger charge is 2.42. The molecule has 3 heterocycles. The first-order valence-corrected chi connectivity index (χ1v) is 16.6. The van der Waals surface area contributed by atoms with Gasteiger partial charge in [-0.05, 0) is 43.9 Å². The van der Waals surface area contributed by atoms with Gasteiger partial charge in [0.05, 0.1) is 25.0 Å². The molecule has 4 atom stereocenters. The Hall–Kier alpha value is -2.93. The number of rotatable bonds is 3. The minimum absolute atomic E-state index is 0.0135. The van der Waals surface area contributed by atoms with Crippen LogP contribution in [0.2, 0.25) is 5.02 Å². The Balaban J connectivity index is 0.000000697. The third-order valence-corrected chi connectivity index (χ3v) is 7.84. The van der Waals surface area contributed by atoms with Crippen molar-refractivity contribution in [1.29, 1.82) is 0 Å². The number of methoxy groups -OCH3 is 1. The van der Waals surface area contributed by atoms with E-state index in [2.05, 4.69) is 48.6 Å². The van der Waals surface area contributed by atoms with Gasteiger partial charge in [-0.1, -0.05) is 61.9 Å². The van der Waals surface area contributed by atoms with Crippen molar-refractivity contribution in [1.82, 2.24) is 10.2 Å². The summed E-state index contributed by atoms with van der Waals surface area (Å²) in [6.45, 7) is 5.75. The SMILES string of the molecule is CC.CCl.CN(CC(=O)O)C(=O)S.COc1cc2cc(c1Cl)N(C)C(=O)CCC1OC1CC1CC(C/C=C/C=C(\C)C2)NC(=O)O1. The Morgan fingerprint density at radius 1 is 1.20 bits per heavy atom. The minimum Gasteiger partial charge on any atom is -0.495 e. The number of nitrogens with one attached hydrogen (secondary N) is 1. The number of carbonyl (C=O) groups is 4. The van der Waals surface area contributed by atoms with Crippen molar-refractivity contribution in [2.75, 3.05) is 39.0 Å². The number of carboxylic acid groups (broad SMARTS) is 1. The van der Waals surface area contributed by atoms with E-state index in [4.69, 9.17) is 30.9 Å². The van der Waals surface area contributed by atoms with Gasteiger partial charge < -0.3 is 34.4 Å². The van der Waals surface area contributed by atoms with Crippen LogP contribution in [0.25, 0.3) is 0 Å². The number of alkyl halides is 1. The molecule has 1 aromatic carbocycles. The number of nitrogens with zero attached hydrogens (tertiary/aromatic N) is 2. The van der Waals surface area contributed by atoms with E-state index >= 15 is 0 Å². The first-order chi connectivity index (χ1) is 21.9. The molecule has 1 aromatic rings. The van der Waals surface area contributed by atoms with Gasteiger partial charge >= 0.3 is 12.1 Å². The predicted molar refractivity (Wildman–Crippen MR) is 185 cm³/mol. The van der Waals surface area contributed by atoms with Crippen molar-refractivity contribution in [3.05, 3.63) is 46.5 Å². The maximum absolute atomic E-state index is 12.9. The van der Waals surface area contributed by atoms with Crippen LogP contribution in [0.15, 0.2) is 35.9 Å². The van der Waals surface area contributed by atoms with Crippen LogP contribution in [-0.4, -0.2) is 91.7 Å². The highest BCUT2D eigenvalue weighted by Crippen LogP contribution is 2.38. The van der Waals surface area contributed by atoms with Gasteiger partial charge in [0, 0.05) is 45.8 Å². The van der Waals surface area contributed by atoms with Gasteiger partial charge in [0.2, 0.25) is 5.91 Å². The Morgan fingerprint density at radius 2 is 1.87 bits per heavy atom. The molecule has 14 heteroatoms. The van der Waals surface area contributed by atoms with Crippen molar-refractivity contribution >= 4 is 64.7 Å². The third kappa shape index (κ3) is 13.8. The number of halogens is 2. The van der Waals surface area contributed by atoms with Gasteiger partial charge in [-0.3, -0.25) is 14.4 Å². The fraction of sp³-hybridized carbons (Fsp3) is 0.562. The second kappa shape index (κ2) is 21.0. The molecule has 0 aromatic heterocycles. The Morgan fingerprint density at radius 3 is 2.46 bits per heavy atom. The van der Waals surface area contributed by atoms with Gasteiger partial charge in [-0.2, -0.15) is 0 Å². The zero-order valence-corrected chi connectivity index (χ0v) is 30.0. The number of amides is 3. The zero-order chi connectivity index (χ0) is 35.0. The molecule has 4 unspecified atom stereocenters. The predicted octanol–water partition coefficient (Wildman–Crippen LogP) is 6.50. The Bertz CT molecular complexity index is 1250. The lowest BCUT2D eigenvalue weighted by Crippen LogP contribution is -2.45. The number of carbonyl (C=O) groups excluding carboxylic acids is 3. The highest BCUT2D eigenvalue weighted by atomic mass is 35.5. The summed E-state index contributed by atoms with van der Waals surface area (Å²) in [7, 11) is 4.68. The van der Waals surface area contributed by atoms with E-state index in [-0.39, 0.29) is 42.9 Å². The van der Waals surface area contributed by atoms with Crippen LogP contribution in [0, 0.1) is 0 Å². The van der Waals surface area contributed by atoms with E-state index < -0.39 is 11.2 Å². The Labute approximate surface area is 287 Å². The number of fused-ring (bicyclic) bond motifs is 5. The number of alkyl carbamates (subject to hydrolysis) is 1. The number of aliphatic carboxylic acids is 1. The third-order valence-electron chi connectivity index (χ3n) is 7.12. The standard InChI is InChI=1S/C25H31ClN2O5.C4H7NO3S.C2H6.CH3Cl/c1-15-6-4-5-7-17-13-18(32-25(30)27-17)14-21-20(33-21)8-9-23(29)28(2)19-11-16(10-15)12-22(31-3)24(19)26;1-5(4(8)9)2-3(6)7;2*1-2/h4-6,11-12,17-18,20-21H,7-10,13-14H2,1-3H3,(H,27,30);2H2,1H3,(H,6,7)(H,8,9);1-2H3;1H3/b5-4+,15-6+;;;. The van der Waals surface area contributed by atoms with E-state index in [1.165, 1.54) is 13.4 Å². The maximum Gasteiger partial charge on any atom is 0.407 e. The summed E-state index contributed by atoms with van der Waals surface area (Å²) in [5.74, 6) is -0.529. The van der Waals surface area contributed by atoms with E-state index in [1.54, 1.807) is 19.1 Å². The molecule has 2 N–H and O–H groups in total. The summed E-state index contributed by atoms with van der Waals surface area (Å²) >= 11 is 14.6. The highest BCUT2D eigenvalue weighted by molar-refractivity contribution is 7.96. The van der Waals surface area contributed by atoms with Crippen LogP contribution in [0.1, 0.15) is 58.4 Å². The number of hydrogen-bond acceptors (Lipinski definition) is 7. The largest absolute Gasteiger partial charge is 0.495 e. The summed E-state index contributed by atoms with van der Waals surface area (Å²) in [6, 6.07) is 3.90. The van der Waals surface area contributed by atoms with Crippen LogP contribution < -0.4 is 15.0 Å². The smallest absolute Gasteiger partial charge is 0.407 e. The number of anilines is 1. The molecule has 2 saturated heterocycles. The van der Waals surface area contributed by atoms with E-state index in [0.717, 1.165) is 28.9 Å². The first-order valence-electron chi connectivity index (χ1n) is 15.0. The Kier molecular flexibility index (Phi) is 18.8. The molecule has 0 spiro atoms. The molecule has 0 radical (unpaired) electrons. The number of carboxylic acids is 1. The number of thiol groups is 1. The second-order valence-corrected chi connectivity index (χ2v) is 11.3. The average molecular weight is 705 g/mol. The number of epoxide rings is 1. The van der Waals surface area contributed by atoms with Crippen molar-refractivity contribution in [3.63, 3.8) is 0 Å². The molecule has 46 heavy (non-hydrogen) atoms. The number of allylic oxidation sites excluding steroid dienone is 3. The molecule has 4 rings (SSSR count). The second-order valence-electron chi connectivity index (χ2n) is 10.6. The van der Waals surface area contributed by atoms with E-state index in [1.807, 2.05) is 32.1 Å². The molecule has 0 saturated carbocycles. The van der Waals surface area contributed by atoms with Gasteiger partial charge in [0.1, 0.15) is 23.4 Å². The molecule has 3 aliphatic heterocycles. The molecule has 2 fully saturated rings. The molecule has 258 valence electrons. The lowest BCUT2D eigenvalue weighted by Gasteiger charge is -2.29. The van der Waals surface area contributed by atoms with Crippen LogP contribution in [-0.2, 0) is 25.5 Å². The van der Waals surface area contributed by atoms with Crippen LogP contribution in [0.5, 0.6) is 5.75 Å². The molecule has 0 aliphatic carbocycles. The topological polar surface area (TPSA) is 138 Å². The maximum atomic E-state index is 12.9. The van der Waals surface area contributed by atoms with E-state index in [0.29, 0.717) is 42.1 Å². The normalized spacial score (nSPS) is 24.1. The lowest BCUT2D eigenvalue weighted by atomic mass is 9.99. The average Bonchev–Trinajstić information content (AvgIpc) is 3.77. The van der Waals surface area contributed by atoms with Crippen molar-refractivity contribution in [3.8, 4) is 5.75 Å². The zero-order valence-electron chi connectivity index (χ0n) is 27.5. The summed E-state index contributed by atoms with van der Waals surface area (Å²) in [4.78, 5) is 47.6. The van der Waals surface area contributed by atoms with Gasteiger partial charge in [0.25, 0.3) is 5.24 Å². The monoisotopic (exact) mass is 703 g/mol. The molecule has 3 amide bonds. The van der Waals surface area contributed by atoms with Crippen LogP contribution >= 0.6 is 35.8 Å². The van der Waals surface area contributed by atoms with Crippen LogP contribution in [0.3, 0.4) is 0 Å². The summed E-state index contributed by atoms with van der Waals surface area (Å²) in [5.41, 5.74) is 2.80. The molecular formula is C32H47Cl2N3O8S. The molecular weight excluding hydrogens is 657 g/mol. The number of benzene rings is 1. The summed E-state index contributed by atoms with van der Waals surface area (Å²) in [6.07, 6.45) is 10.9. The van der Waals surface area contributed by atoms with E-state index in [9.17, 15) is 19.2 Å². The summed E-state index contributed by atoms with van der Waals surface area (Å²) in [5, 5.41) is 10.9. The van der Waals surface area contributed by atoms with Crippen LogP contribution in [0.4, 0.5) is 15.3 Å². The van der Waals surface area contributed by atoms with Gasteiger partial charge in [-0.25, -0.2) is 4.79 Å². The molecule has 4 bridgehead atoms. The summed E-state index contributed by atoms with van der Waals surface area (Å²) < 4.78 is 16.7. The quantitative estimate of drug-likeness (QED) is 0.184. The fourth-order valence-corrected chi connectivity index (χ4v) is 5.19. The minimum atomic E-state index is -1.04. The fourth-order valence-electron chi connectivity index (χ4n) is 4.80. The van der Waals surface area contributed by atoms with Gasteiger partial charge in [-0.15, -0.1) is 11.6 Å². The number of ether oxygens (including phenoxy) is 3. The molecule has 3 aliphatic rings. The molecule has 11 nitrogen and oxygen atoms in total. The van der Waals surface area contributed by atoms with Crippen molar-refractivity contribution in [2.24, 2.45) is 0 Å². The van der Waals surface area contributed by atoms with Crippen molar-refractivity contribution < 1.29 is 38.5 Å².